The number of hydrogen-bond donors (Lipinski definition) is 1. The molecule has 1 N–H and O–H groups in total. The van der Waals surface area contributed by atoms with E-state index < -0.39 is 5.41 Å². The van der Waals surface area contributed by atoms with E-state index in [2.05, 4.69) is 26.1 Å². The number of ketones is 1. The van der Waals surface area contributed by atoms with Gasteiger partial charge in [0.15, 0.2) is 0 Å². The first-order valence-corrected chi connectivity index (χ1v) is 7.39. The molecule has 2 bridgehead atoms. The van der Waals surface area contributed by atoms with Crippen molar-refractivity contribution in [3.63, 3.8) is 0 Å². The molecule has 2 saturated carbocycles. The van der Waals surface area contributed by atoms with Gasteiger partial charge in [-0.05, 0) is 18.3 Å². The second-order valence-corrected chi connectivity index (χ2v) is 7.18. The first-order valence-electron chi connectivity index (χ1n) is 7.39. The van der Waals surface area contributed by atoms with E-state index in [9.17, 15) is 9.59 Å². The molecular formula is C15H24N2O2. The monoisotopic (exact) mass is 264 g/mol. The number of carbonyl (C=O) groups excluding carboxylic acids is 2. The van der Waals surface area contributed by atoms with Gasteiger partial charge in [0.1, 0.15) is 5.78 Å². The van der Waals surface area contributed by atoms with E-state index in [1.54, 1.807) is 0 Å². The molecule has 0 aromatic heterocycles. The predicted octanol–water partition coefficient (Wildman–Crippen LogP) is 1.20. The SMILES string of the molecule is CC1(C)[C@@]2(C(=O)N3CCNCC3)CC[C@]1(C)C(=O)C2. The number of carbonyl (C=O) groups is 2. The Bertz CT molecular complexity index is 439. The molecule has 4 nitrogen and oxygen atoms in total. The van der Waals surface area contributed by atoms with E-state index in [1.165, 1.54) is 0 Å². The van der Waals surface area contributed by atoms with E-state index in [4.69, 9.17) is 0 Å². The van der Waals surface area contributed by atoms with Crippen LogP contribution < -0.4 is 5.32 Å². The maximum absolute atomic E-state index is 13.0. The normalized spacial score (nSPS) is 40.8. The number of nitrogens with one attached hydrogen (secondary N) is 1. The largest absolute Gasteiger partial charge is 0.340 e. The zero-order chi connectivity index (χ0) is 13.9. The van der Waals surface area contributed by atoms with Gasteiger partial charge >= 0.3 is 0 Å². The lowest BCUT2D eigenvalue weighted by atomic mass is 9.64. The highest BCUT2D eigenvalue weighted by atomic mass is 16.2. The first kappa shape index (κ1) is 13.1. The zero-order valence-corrected chi connectivity index (χ0v) is 12.2. The second kappa shape index (κ2) is 3.81. The summed E-state index contributed by atoms with van der Waals surface area (Å²) in [5.41, 5.74) is -0.939. The van der Waals surface area contributed by atoms with Gasteiger partial charge in [0.25, 0.3) is 0 Å². The van der Waals surface area contributed by atoms with Crippen LogP contribution in [0.4, 0.5) is 0 Å². The minimum absolute atomic E-state index is 0.209. The summed E-state index contributed by atoms with van der Waals surface area (Å²) < 4.78 is 0. The molecule has 3 rings (SSSR count). The quantitative estimate of drug-likeness (QED) is 0.774. The summed E-state index contributed by atoms with van der Waals surface area (Å²) in [7, 11) is 0. The van der Waals surface area contributed by atoms with E-state index in [1.807, 2.05) is 4.90 Å². The minimum atomic E-state index is -0.434. The highest BCUT2D eigenvalue weighted by Gasteiger charge is 2.72. The van der Waals surface area contributed by atoms with Crippen LogP contribution in [-0.2, 0) is 9.59 Å². The molecule has 0 aromatic carbocycles. The smallest absolute Gasteiger partial charge is 0.229 e. The third-order valence-electron chi connectivity index (χ3n) is 6.52. The van der Waals surface area contributed by atoms with Crippen molar-refractivity contribution in [2.24, 2.45) is 16.2 Å². The topological polar surface area (TPSA) is 49.4 Å². The van der Waals surface area contributed by atoms with E-state index in [0.29, 0.717) is 12.2 Å². The van der Waals surface area contributed by atoms with Crippen LogP contribution in [0, 0.1) is 16.2 Å². The lowest BCUT2D eigenvalue weighted by Gasteiger charge is -2.42. The van der Waals surface area contributed by atoms with Crippen molar-refractivity contribution < 1.29 is 9.59 Å². The summed E-state index contributed by atoms with van der Waals surface area (Å²) in [5.74, 6) is 0.529. The molecule has 1 heterocycles. The van der Waals surface area contributed by atoms with E-state index >= 15 is 0 Å². The molecular weight excluding hydrogens is 240 g/mol. The molecule has 19 heavy (non-hydrogen) atoms. The molecule has 0 spiro atoms. The number of fused-ring (bicyclic) bond motifs is 2. The summed E-state index contributed by atoms with van der Waals surface area (Å²) >= 11 is 0. The van der Waals surface area contributed by atoms with Gasteiger partial charge in [0.05, 0.1) is 5.41 Å². The van der Waals surface area contributed by atoms with Gasteiger partial charge in [-0.25, -0.2) is 0 Å². The van der Waals surface area contributed by atoms with Crippen molar-refractivity contribution >= 4 is 11.7 Å². The lowest BCUT2D eigenvalue weighted by Crippen LogP contribution is -2.54. The summed E-state index contributed by atoms with van der Waals surface area (Å²) in [6.07, 6.45) is 2.21. The van der Waals surface area contributed by atoms with Crippen LogP contribution in [0.1, 0.15) is 40.0 Å². The van der Waals surface area contributed by atoms with Crippen LogP contribution in [0.25, 0.3) is 0 Å². The maximum Gasteiger partial charge on any atom is 0.229 e. The fourth-order valence-electron chi connectivity index (χ4n) is 4.50. The van der Waals surface area contributed by atoms with Gasteiger partial charge in [-0.3, -0.25) is 9.59 Å². The van der Waals surface area contributed by atoms with Crippen LogP contribution in [-0.4, -0.2) is 42.8 Å². The molecule has 2 aliphatic carbocycles. The Balaban J connectivity index is 1.95. The number of amides is 1. The third kappa shape index (κ3) is 1.38. The third-order valence-corrected chi connectivity index (χ3v) is 6.52. The molecule has 4 heteroatoms. The molecule has 1 saturated heterocycles. The van der Waals surface area contributed by atoms with Crippen LogP contribution in [0.3, 0.4) is 0 Å². The molecule has 1 aliphatic heterocycles. The number of piperazine rings is 1. The van der Waals surface area contributed by atoms with Crippen molar-refractivity contribution in [1.29, 1.82) is 0 Å². The summed E-state index contributed by atoms with van der Waals surface area (Å²) in [6, 6.07) is 0. The standard InChI is InChI=1S/C15H24N2O2/c1-13(2)14(3)4-5-15(13,10-11(14)18)12(19)17-8-6-16-7-9-17/h16H,4-10H2,1-3H3/t14-,15+/m1/s1. The maximum atomic E-state index is 13.0. The number of rotatable bonds is 1. The molecule has 0 aromatic rings. The molecule has 0 unspecified atom stereocenters. The zero-order valence-electron chi connectivity index (χ0n) is 12.2. The van der Waals surface area contributed by atoms with Gasteiger partial charge in [-0.15, -0.1) is 0 Å². The Morgan fingerprint density at radius 2 is 1.79 bits per heavy atom. The first-order chi connectivity index (χ1) is 8.85. The highest BCUT2D eigenvalue weighted by Crippen LogP contribution is 2.70. The Morgan fingerprint density at radius 3 is 2.26 bits per heavy atom. The summed E-state index contributed by atoms with van der Waals surface area (Å²) in [5, 5.41) is 3.28. The highest BCUT2D eigenvalue weighted by molar-refractivity contribution is 5.99. The average Bonchev–Trinajstić information content (AvgIpc) is 2.69. The molecule has 3 aliphatic rings. The Labute approximate surface area is 114 Å². The van der Waals surface area contributed by atoms with Crippen LogP contribution >= 0.6 is 0 Å². The van der Waals surface area contributed by atoms with Crippen molar-refractivity contribution in [3.8, 4) is 0 Å². The Morgan fingerprint density at radius 1 is 1.16 bits per heavy atom. The number of Topliss-reactive ketones (excluding diaryl/α,β-unsaturated/α-hetero) is 1. The molecule has 3 fully saturated rings. The fourth-order valence-corrected chi connectivity index (χ4v) is 4.50. The van der Waals surface area contributed by atoms with Crippen LogP contribution in [0.2, 0.25) is 0 Å². The van der Waals surface area contributed by atoms with Crippen molar-refractivity contribution in [2.45, 2.75) is 40.0 Å². The van der Waals surface area contributed by atoms with E-state index in [-0.39, 0.29) is 16.7 Å². The van der Waals surface area contributed by atoms with Crippen molar-refractivity contribution in [2.75, 3.05) is 26.2 Å². The summed E-state index contributed by atoms with van der Waals surface area (Å²) in [6.45, 7) is 9.62. The van der Waals surface area contributed by atoms with Gasteiger partial charge in [-0.1, -0.05) is 20.8 Å². The minimum Gasteiger partial charge on any atom is -0.340 e. The predicted molar refractivity (Wildman–Crippen MR) is 72.6 cm³/mol. The van der Waals surface area contributed by atoms with Gasteiger partial charge < -0.3 is 10.2 Å². The Kier molecular flexibility index (Phi) is 2.63. The second-order valence-electron chi connectivity index (χ2n) is 7.18. The average molecular weight is 264 g/mol. The van der Waals surface area contributed by atoms with Gasteiger partial charge in [0.2, 0.25) is 5.91 Å². The molecule has 1 amide bonds. The lowest BCUT2D eigenvalue weighted by molar-refractivity contribution is -0.148. The summed E-state index contributed by atoms with van der Waals surface area (Å²) in [4.78, 5) is 27.4. The fraction of sp³-hybridized carbons (Fsp3) is 0.867. The number of nitrogens with zero attached hydrogens (tertiary/aromatic N) is 1. The van der Waals surface area contributed by atoms with Gasteiger partial charge in [-0.2, -0.15) is 0 Å². The van der Waals surface area contributed by atoms with Crippen LogP contribution in [0.5, 0.6) is 0 Å². The Hall–Kier alpha value is -0.900. The van der Waals surface area contributed by atoms with Crippen molar-refractivity contribution in [1.82, 2.24) is 10.2 Å². The van der Waals surface area contributed by atoms with Crippen LogP contribution in [0.15, 0.2) is 0 Å². The number of hydrogen-bond acceptors (Lipinski definition) is 3. The molecule has 2 atom stereocenters. The molecule has 106 valence electrons. The molecule has 0 radical (unpaired) electrons. The van der Waals surface area contributed by atoms with Crippen molar-refractivity contribution in [3.05, 3.63) is 0 Å². The van der Waals surface area contributed by atoms with E-state index in [0.717, 1.165) is 39.0 Å². The van der Waals surface area contributed by atoms with Gasteiger partial charge in [0, 0.05) is 38.0 Å².